The van der Waals surface area contributed by atoms with Gasteiger partial charge in [-0.1, -0.05) is 12.1 Å². The van der Waals surface area contributed by atoms with Crippen LogP contribution in [0.5, 0.6) is 0 Å². The van der Waals surface area contributed by atoms with Gasteiger partial charge in [-0.25, -0.2) is 9.37 Å². The van der Waals surface area contributed by atoms with E-state index in [0.717, 1.165) is 29.1 Å². The van der Waals surface area contributed by atoms with Gasteiger partial charge < -0.3 is 10.3 Å². The maximum atomic E-state index is 14.0. The van der Waals surface area contributed by atoms with Gasteiger partial charge >= 0.3 is 0 Å². The lowest BCUT2D eigenvalue weighted by molar-refractivity contribution is 0.636. The van der Waals surface area contributed by atoms with Crippen molar-refractivity contribution in [3.63, 3.8) is 0 Å². The van der Waals surface area contributed by atoms with Crippen molar-refractivity contribution in [2.75, 3.05) is 0 Å². The molecule has 1 atom stereocenters. The van der Waals surface area contributed by atoms with Crippen molar-refractivity contribution in [3.05, 3.63) is 52.2 Å². The Bertz CT molecular complexity index is 759. The number of halogens is 1. The number of aromatic nitrogens is 2. The molecule has 0 amide bonds. The molecule has 1 saturated carbocycles. The van der Waals surface area contributed by atoms with Gasteiger partial charge in [0.05, 0.1) is 11.6 Å². The predicted molar refractivity (Wildman–Crippen MR) is 78.3 cm³/mol. The van der Waals surface area contributed by atoms with Crippen LogP contribution in [0.15, 0.2) is 35.7 Å². The number of thiophene rings is 1. The molecule has 2 N–H and O–H groups in total. The van der Waals surface area contributed by atoms with E-state index in [1.54, 1.807) is 17.4 Å². The molecule has 1 aromatic carbocycles. The smallest absolute Gasteiger partial charge is 0.151 e. The third-order valence-electron chi connectivity index (χ3n) is 3.74. The van der Waals surface area contributed by atoms with Crippen LogP contribution < -0.4 is 5.73 Å². The van der Waals surface area contributed by atoms with Gasteiger partial charge in [-0.05, 0) is 36.4 Å². The zero-order chi connectivity index (χ0) is 13.7. The lowest BCUT2D eigenvalue weighted by atomic mass is 10.2. The second-order valence-corrected chi connectivity index (χ2v) is 6.15. The molecule has 3 aromatic rings. The van der Waals surface area contributed by atoms with Crippen molar-refractivity contribution >= 4 is 22.4 Å². The van der Waals surface area contributed by atoms with E-state index in [1.807, 2.05) is 23.6 Å². The molecular weight excluding hydrogens is 273 g/mol. The number of para-hydroxylation sites is 1. The van der Waals surface area contributed by atoms with Crippen LogP contribution in [-0.4, -0.2) is 9.55 Å². The van der Waals surface area contributed by atoms with Gasteiger partial charge in [-0.3, -0.25) is 0 Å². The third kappa shape index (κ3) is 1.77. The number of rotatable bonds is 3. The Morgan fingerprint density at radius 2 is 2.15 bits per heavy atom. The minimum absolute atomic E-state index is 0.276. The highest BCUT2D eigenvalue weighted by Crippen LogP contribution is 2.41. The second kappa shape index (κ2) is 4.40. The maximum Gasteiger partial charge on any atom is 0.151 e. The first-order valence-electron chi connectivity index (χ1n) is 6.71. The summed E-state index contributed by atoms with van der Waals surface area (Å²) in [4.78, 5) is 5.56. The zero-order valence-corrected chi connectivity index (χ0v) is 11.6. The first kappa shape index (κ1) is 12.1. The SMILES string of the molecule is NC(c1cccs1)c1nc2c(F)cccc2n1C1CC1. The Hall–Kier alpha value is -1.72. The van der Waals surface area contributed by atoms with E-state index in [4.69, 9.17) is 5.73 Å². The molecule has 5 heteroatoms. The molecule has 1 aliphatic carbocycles. The molecule has 20 heavy (non-hydrogen) atoms. The molecule has 1 fully saturated rings. The molecule has 1 aliphatic rings. The predicted octanol–water partition coefficient (Wildman–Crippen LogP) is 3.62. The molecule has 0 saturated heterocycles. The fraction of sp³-hybridized carbons (Fsp3) is 0.267. The molecule has 0 spiro atoms. The maximum absolute atomic E-state index is 14.0. The first-order chi connectivity index (χ1) is 9.75. The number of hydrogen-bond acceptors (Lipinski definition) is 3. The van der Waals surface area contributed by atoms with Gasteiger partial charge in [0.2, 0.25) is 0 Å². The fourth-order valence-electron chi connectivity index (χ4n) is 2.63. The Balaban J connectivity index is 1.94. The van der Waals surface area contributed by atoms with Crippen molar-refractivity contribution in [2.45, 2.75) is 24.9 Å². The highest BCUT2D eigenvalue weighted by molar-refractivity contribution is 7.10. The summed E-state index contributed by atoms with van der Waals surface area (Å²) in [6, 6.07) is 9.22. The molecule has 0 bridgehead atoms. The summed E-state index contributed by atoms with van der Waals surface area (Å²) in [5, 5.41) is 2.00. The van der Waals surface area contributed by atoms with Gasteiger partial charge in [0.15, 0.2) is 5.82 Å². The Morgan fingerprint density at radius 3 is 2.85 bits per heavy atom. The number of imidazole rings is 1. The van der Waals surface area contributed by atoms with Crippen LogP contribution in [0, 0.1) is 5.82 Å². The van der Waals surface area contributed by atoms with E-state index >= 15 is 0 Å². The second-order valence-electron chi connectivity index (χ2n) is 5.17. The summed E-state index contributed by atoms with van der Waals surface area (Å²) in [6.45, 7) is 0. The molecule has 1 unspecified atom stereocenters. The minimum atomic E-state index is -0.289. The van der Waals surface area contributed by atoms with E-state index in [2.05, 4.69) is 9.55 Å². The molecule has 0 radical (unpaired) electrons. The van der Waals surface area contributed by atoms with Gasteiger partial charge in [0, 0.05) is 10.9 Å². The number of hydrogen-bond donors (Lipinski definition) is 1. The number of fused-ring (bicyclic) bond motifs is 1. The van der Waals surface area contributed by atoms with E-state index in [0.29, 0.717) is 11.6 Å². The number of benzene rings is 1. The monoisotopic (exact) mass is 287 g/mol. The van der Waals surface area contributed by atoms with E-state index in [-0.39, 0.29) is 11.9 Å². The highest BCUT2D eigenvalue weighted by Gasteiger charge is 2.31. The molecule has 4 rings (SSSR count). The first-order valence-corrected chi connectivity index (χ1v) is 7.59. The largest absolute Gasteiger partial charge is 0.323 e. The van der Waals surface area contributed by atoms with E-state index in [1.165, 1.54) is 6.07 Å². The van der Waals surface area contributed by atoms with Crippen LogP contribution in [0.3, 0.4) is 0 Å². The van der Waals surface area contributed by atoms with Crippen LogP contribution in [0.1, 0.15) is 35.6 Å². The van der Waals surface area contributed by atoms with Crippen molar-refractivity contribution in [1.29, 1.82) is 0 Å². The van der Waals surface area contributed by atoms with Crippen molar-refractivity contribution in [1.82, 2.24) is 9.55 Å². The Kier molecular flexibility index (Phi) is 2.65. The van der Waals surface area contributed by atoms with E-state index in [9.17, 15) is 4.39 Å². The normalized spacial score (nSPS) is 16.7. The van der Waals surface area contributed by atoms with Crippen LogP contribution in [0.2, 0.25) is 0 Å². The van der Waals surface area contributed by atoms with Crippen molar-refractivity contribution in [3.8, 4) is 0 Å². The summed E-state index contributed by atoms with van der Waals surface area (Å²) in [5.74, 6) is 0.497. The summed E-state index contributed by atoms with van der Waals surface area (Å²) in [5.41, 5.74) is 7.63. The van der Waals surface area contributed by atoms with Gasteiger partial charge in [-0.15, -0.1) is 11.3 Å². The zero-order valence-electron chi connectivity index (χ0n) is 10.8. The summed E-state index contributed by atoms with van der Waals surface area (Å²) in [6.07, 6.45) is 2.23. The van der Waals surface area contributed by atoms with Crippen LogP contribution >= 0.6 is 11.3 Å². The van der Waals surface area contributed by atoms with Crippen molar-refractivity contribution < 1.29 is 4.39 Å². The number of nitrogens with two attached hydrogens (primary N) is 1. The quantitative estimate of drug-likeness (QED) is 0.799. The minimum Gasteiger partial charge on any atom is -0.323 e. The van der Waals surface area contributed by atoms with Crippen molar-refractivity contribution in [2.24, 2.45) is 5.73 Å². The summed E-state index contributed by atoms with van der Waals surface area (Å²) < 4.78 is 16.1. The molecule has 2 aromatic heterocycles. The van der Waals surface area contributed by atoms with Gasteiger partial charge in [0.1, 0.15) is 11.3 Å². The van der Waals surface area contributed by atoms with Crippen LogP contribution in [-0.2, 0) is 0 Å². The van der Waals surface area contributed by atoms with Gasteiger partial charge in [0.25, 0.3) is 0 Å². The van der Waals surface area contributed by atoms with Crippen LogP contribution in [0.4, 0.5) is 4.39 Å². The molecule has 3 nitrogen and oxygen atoms in total. The van der Waals surface area contributed by atoms with Gasteiger partial charge in [-0.2, -0.15) is 0 Å². The lowest BCUT2D eigenvalue weighted by Crippen LogP contribution is -2.16. The highest BCUT2D eigenvalue weighted by atomic mass is 32.1. The van der Waals surface area contributed by atoms with Crippen LogP contribution in [0.25, 0.3) is 11.0 Å². The summed E-state index contributed by atoms with van der Waals surface area (Å²) >= 11 is 1.61. The third-order valence-corrected chi connectivity index (χ3v) is 4.69. The summed E-state index contributed by atoms with van der Waals surface area (Å²) in [7, 11) is 0. The molecule has 102 valence electrons. The van der Waals surface area contributed by atoms with E-state index < -0.39 is 0 Å². The fourth-order valence-corrected chi connectivity index (χ4v) is 3.36. The number of nitrogens with zero attached hydrogens (tertiary/aromatic N) is 2. The average Bonchev–Trinajstić information content (AvgIpc) is 3.01. The standard InChI is InChI=1S/C15H14FN3S/c16-10-3-1-4-11-14(10)18-15(19(11)9-6-7-9)13(17)12-5-2-8-20-12/h1-5,8-9,13H,6-7,17H2. The molecule has 2 heterocycles. The topological polar surface area (TPSA) is 43.8 Å². The molecule has 0 aliphatic heterocycles. The molecular formula is C15H14FN3S. The Labute approximate surface area is 119 Å². The Morgan fingerprint density at radius 1 is 1.30 bits per heavy atom. The average molecular weight is 287 g/mol. The lowest BCUT2D eigenvalue weighted by Gasteiger charge is -2.12.